The highest BCUT2D eigenvalue weighted by molar-refractivity contribution is 5.82. The first kappa shape index (κ1) is 13.7. The molecule has 0 bridgehead atoms. The van der Waals surface area contributed by atoms with Crippen LogP contribution in [0.5, 0.6) is 0 Å². The van der Waals surface area contributed by atoms with Gasteiger partial charge in [0.15, 0.2) is 0 Å². The van der Waals surface area contributed by atoms with Crippen molar-refractivity contribution in [3.63, 3.8) is 0 Å². The summed E-state index contributed by atoms with van der Waals surface area (Å²) in [6.45, 7) is 3.29. The number of carbonyl (C=O) groups is 1. The predicted molar refractivity (Wildman–Crippen MR) is 65.6 cm³/mol. The maximum absolute atomic E-state index is 12.8. The van der Waals surface area contributed by atoms with E-state index in [0.29, 0.717) is 25.4 Å². The van der Waals surface area contributed by atoms with Gasteiger partial charge in [0.2, 0.25) is 0 Å². The van der Waals surface area contributed by atoms with E-state index in [4.69, 9.17) is 0 Å². The molecule has 0 spiro atoms. The van der Waals surface area contributed by atoms with Crippen LogP contribution >= 0.6 is 0 Å². The molecule has 2 atom stereocenters. The number of carbonyl (C=O) groups excluding carboxylic acids is 1. The Labute approximate surface area is 107 Å². The first-order chi connectivity index (χ1) is 8.48. The second kappa shape index (κ2) is 5.51. The Morgan fingerprint density at radius 1 is 1.28 bits per heavy atom. The minimum atomic E-state index is -3.26. The average molecular weight is 260 g/mol. The number of hydrogen-bond acceptors (Lipinski definition) is 2. The Kier molecular flexibility index (Phi) is 4.20. The van der Waals surface area contributed by atoms with Gasteiger partial charge < -0.3 is 10.2 Å². The van der Waals surface area contributed by atoms with Gasteiger partial charge in [-0.1, -0.05) is 6.42 Å². The number of amides is 1. The van der Waals surface area contributed by atoms with Crippen LogP contribution in [-0.4, -0.2) is 42.4 Å². The molecule has 2 aliphatic heterocycles. The first-order valence-corrected chi connectivity index (χ1v) is 6.88. The smallest absolute Gasteiger partial charge is 0.321 e. The molecule has 2 heterocycles. The van der Waals surface area contributed by atoms with Crippen molar-refractivity contribution < 1.29 is 13.6 Å². The second-order valence-electron chi connectivity index (χ2n) is 5.60. The molecule has 3 nitrogen and oxygen atoms in total. The lowest BCUT2D eigenvalue weighted by atomic mass is 9.83. The molecule has 5 heteroatoms. The van der Waals surface area contributed by atoms with Crippen LogP contribution in [0.1, 0.15) is 39.0 Å². The molecule has 0 aromatic carbocycles. The predicted octanol–water partition coefficient (Wildman–Crippen LogP) is 2.02. The van der Waals surface area contributed by atoms with Gasteiger partial charge in [-0.05, 0) is 44.7 Å². The van der Waals surface area contributed by atoms with Crippen molar-refractivity contribution in [3.8, 4) is 0 Å². The van der Waals surface area contributed by atoms with E-state index in [1.807, 2.05) is 0 Å². The molecule has 2 rings (SSSR count). The van der Waals surface area contributed by atoms with E-state index < -0.39 is 11.8 Å². The number of fused-ring (bicyclic) bond motifs is 1. The number of nitrogens with one attached hydrogen (secondary N) is 1. The third kappa shape index (κ3) is 3.19. The second-order valence-corrected chi connectivity index (χ2v) is 5.60. The van der Waals surface area contributed by atoms with Crippen LogP contribution in [0.2, 0.25) is 0 Å². The SMILES string of the molecule is CC(F)(F)C(=O)NCC1CCCN2CCCCC12. The van der Waals surface area contributed by atoms with Gasteiger partial charge >= 0.3 is 5.92 Å². The zero-order chi connectivity index (χ0) is 13.2. The maximum atomic E-state index is 12.8. The molecule has 0 radical (unpaired) electrons. The van der Waals surface area contributed by atoms with E-state index in [1.54, 1.807) is 0 Å². The van der Waals surface area contributed by atoms with Crippen LogP contribution in [0, 0.1) is 5.92 Å². The lowest BCUT2D eigenvalue weighted by Gasteiger charge is -2.44. The van der Waals surface area contributed by atoms with Crippen LogP contribution < -0.4 is 5.32 Å². The lowest BCUT2D eigenvalue weighted by molar-refractivity contribution is -0.143. The lowest BCUT2D eigenvalue weighted by Crippen LogP contribution is -2.52. The van der Waals surface area contributed by atoms with Crippen LogP contribution in [0.25, 0.3) is 0 Å². The number of nitrogens with zero attached hydrogens (tertiary/aromatic N) is 1. The van der Waals surface area contributed by atoms with Crippen LogP contribution in [0.15, 0.2) is 0 Å². The summed E-state index contributed by atoms with van der Waals surface area (Å²) in [5, 5.41) is 2.41. The zero-order valence-corrected chi connectivity index (χ0v) is 10.9. The number of hydrogen-bond donors (Lipinski definition) is 1. The largest absolute Gasteiger partial charge is 0.351 e. The fraction of sp³-hybridized carbons (Fsp3) is 0.923. The van der Waals surface area contributed by atoms with Gasteiger partial charge in [0.05, 0.1) is 0 Å². The fourth-order valence-electron chi connectivity index (χ4n) is 3.19. The Hall–Kier alpha value is -0.710. The fourth-order valence-corrected chi connectivity index (χ4v) is 3.19. The topological polar surface area (TPSA) is 32.3 Å². The van der Waals surface area contributed by atoms with Crippen molar-refractivity contribution in [2.45, 2.75) is 51.0 Å². The van der Waals surface area contributed by atoms with Gasteiger partial charge in [0.25, 0.3) is 5.91 Å². The molecule has 1 amide bonds. The summed E-state index contributed by atoms with van der Waals surface area (Å²) in [6.07, 6.45) is 5.75. The van der Waals surface area contributed by atoms with Gasteiger partial charge in [0.1, 0.15) is 0 Å². The van der Waals surface area contributed by atoms with E-state index in [0.717, 1.165) is 32.4 Å². The Morgan fingerprint density at radius 2 is 2.00 bits per heavy atom. The monoisotopic (exact) mass is 260 g/mol. The highest BCUT2D eigenvalue weighted by atomic mass is 19.3. The standard InChI is InChI=1S/C13H22F2N2O/c1-13(14,15)12(18)16-9-10-5-4-8-17-7-3-2-6-11(10)17/h10-11H,2-9H2,1H3,(H,16,18). The van der Waals surface area contributed by atoms with Crippen LogP contribution in [-0.2, 0) is 4.79 Å². The molecule has 0 saturated carbocycles. The van der Waals surface area contributed by atoms with Gasteiger partial charge in [-0.2, -0.15) is 8.78 Å². The van der Waals surface area contributed by atoms with E-state index >= 15 is 0 Å². The molecule has 104 valence electrons. The molecule has 2 unspecified atom stereocenters. The summed E-state index contributed by atoms with van der Waals surface area (Å²) in [7, 11) is 0. The molecule has 2 saturated heterocycles. The van der Waals surface area contributed by atoms with Crippen molar-refractivity contribution in [1.29, 1.82) is 0 Å². The molecule has 1 N–H and O–H groups in total. The van der Waals surface area contributed by atoms with E-state index in [2.05, 4.69) is 10.2 Å². The summed E-state index contributed by atoms with van der Waals surface area (Å²) < 4.78 is 25.6. The van der Waals surface area contributed by atoms with Gasteiger partial charge in [-0.3, -0.25) is 4.79 Å². The van der Waals surface area contributed by atoms with Gasteiger partial charge in [-0.25, -0.2) is 0 Å². The summed E-state index contributed by atoms with van der Waals surface area (Å²) in [5.41, 5.74) is 0. The molecule has 0 aliphatic carbocycles. The van der Waals surface area contributed by atoms with E-state index in [9.17, 15) is 13.6 Å². The average Bonchev–Trinajstić information content (AvgIpc) is 2.34. The molecular formula is C13H22F2N2O. The highest BCUT2D eigenvalue weighted by Crippen LogP contribution is 2.30. The summed E-state index contributed by atoms with van der Waals surface area (Å²) in [5.74, 6) is -4.07. The number of rotatable bonds is 3. The summed E-state index contributed by atoms with van der Waals surface area (Å²) in [4.78, 5) is 13.7. The van der Waals surface area contributed by atoms with E-state index in [1.165, 1.54) is 12.8 Å². The number of halogens is 2. The maximum Gasteiger partial charge on any atom is 0.321 e. The van der Waals surface area contributed by atoms with Crippen molar-refractivity contribution in [2.24, 2.45) is 5.92 Å². The number of piperidine rings is 2. The molecular weight excluding hydrogens is 238 g/mol. The molecule has 0 aromatic heterocycles. The van der Waals surface area contributed by atoms with Crippen LogP contribution in [0.4, 0.5) is 8.78 Å². The zero-order valence-electron chi connectivity index (χ0n) is 10.9. The third-order valence-corrected chi connectivity index (χ3v) is 4.15. The van der Waals surface area contributed by atoms with Crippen molar-refractivity contribution in [1.82, 2.24) is 10.2 Å². The minimum absolute atomic E-state index is 0.338. The summed E-state index contributed by atoms with van der Waals surface area (Å²) >= 11 is 0. The Bertz CT molecular complexity index is 302. The first-order valence-electron chi connectivity index (χ1n) is 6.88. The molecule has 18 heavy (non-hydrogen) atoms. The Morgan fingerprint density at radius 3 is 2.72 bits per heavy atom. The van der Waals surface area contributed by atoms with Crippen molar-refractivity contribution >= 4 is 5.91 Å². The summed E-state index contributed by atoms with van der Waals surface area (Å²) in [6, 6.07) is 0.485. The quantitative estimate of drug-likeness (QED) is 0.842. The Balaban J connectivity index is 1.86. The molecule has 2 fully saturated rings. The van der Waals surface area contributed by atoms with Crippen molar-refractivity contribution in [2.75, 3.05) is 19.6 Å². The molecule has 2 aliphatic rings. The molecule has 0 aromatic rings. The van der Waals surface area contributed by atoms with Crippen LogP contribution in [0.3, 0.4) is 0 Å². The van der Waals surface area contributed by atoms with E-state index in [-0.39, 0.29) is 0 Å². The minimum Gasteiger partial charge on any atom is -0.351 e. The van der Waals surface area contributed by atoms with Gasteiger partial charge in [0, 0.05) is 19.5 Å². The van der Waals surface area contributed by atoms with Gasteiger partial charge in [-0.15, -0.1) is 0 Å². The highest BCUT2D eigenvalue weighted by Gasteiger charge is 2.36. The van der Waals surface area contributed by atoms with Crippen molar-refractivity contribution in [3.05, 3.63) is 0 Å². The third-order valence-electron chi connectivity index (χ3n) is 4.15. The number of alkyl halides is 2. The normalized spacial score (nSPS) is 29.7.